The molecule has 0 aliphatic rings. The van der Waals surface area contributed by atoms with E-state index < -0.39 is 6.16 Å². The first-order valence-electron chi connectivity index (χ1n) is 8.68. The zero-order valence-corrected chi connectivity index (χ0v) is 14.3. The van der Waals surface area contributed by atoms with E-state index in [2.05, 4.69) is 26.8 Å². The van der Waals surface area contributed by atoms with E-state index in [1.165, 1.54) is 11.1 Å². The number of unbranched alkanes of at least 4 members (excludes halogenated alkanes) is 3. The topological polar surface area (TPSA) is 35.5 Å². The second-order valence-electron chi connectivity index (χ2n) is 5.66. The zero-order valence-electron chi connectivity index (χ0n) is 14.3. The number of carbonyl (C=O) groups is 1. The molecule has 22 heavy (non-hydrogen) atoms. The molecule has 0 saturated carbocycles. The quantitative estimate of drug-likeness (QED) is 0.316. The van der Waals surface area contributed by atoms with Crippen molar-refractivity contribution >= 4 is 6.16 Å². The van der Waals surface area contributed by atoms with Gasteiger partial charge in [0.1, 0.15) is 5.75 Å². The summed E-state index contributed by atoms with van der Waals surface area (Å²) in [6.45, 7) is 6.86. The van der Waals surface area contributed by atoms with Crippen molar-refractivity contribution in [2.24, 2.45) is 0 Å². The summed E-state index contributed by atoms with van der Waals surface area (Å²) in [4.78, 5) is 11.8. The average molecular weight is 306 g/mol. The number of ether oxygens (including phenoxy) is 2. The van der Waals surface area contributed by atoms with E-state index in [9.17, 15) is 4.79 Å². The van der Waals surface area contributed by atoms with E-state index in [0.717, 1.165) is 51.4 Å². The second-order valence-corrected chi connectivity index (χ2v) is 5.66. The Morgan fingerprint density at radius 1 is 0.955 bits per heavy atom. The predicted octanol–water partition coefficient (Wildman–Crippen LogP) is 5.69. The zero-order chi connectivity index (χ0) is 16.2. The largest absolute Gasteiger partial charge is 0.513 e. The van der Waals surface area contributed by atoms with E-state index in [1.807, 2.05) is 12.1 Å². The van der Waals surface area contributed by atoms with Crippen molar-refractivity contribution in [2.45, 2.75) is 72.1 Å². The van der Waals surface area contributed by atoms with E-state index in [4.69, 9.17) is 9.47 Å². The van der Waals surface area contributed by atoms with Crippen LogP contribution in [0.3, 0.4) is 0 Å². The minimum Gasteiger partial charge on any atom is -0.434 e. The van der Waals surface area contributed by atoms with Gasteiger partial charge in [-0.1, -0.05) is 52.2 Å². The molecule has 0 fully saturated rings. The molecule has 0 unspecified atom stereocenters. The molecule has 0 aromatic heterocycles. The molecule has 0 aliphatic carbocycles. The van der Waals surface area contributed by atoms with Gasteiger partial charge in [0.15, 0.2) is 0 Å². The van der Waals surface area contributed by atoms with Gasteiger partial charge in [0.2, 0.25) is 0 Å². The Balaban J connectivity index is 2.79. The van der Waals surface area contributed by atoms with Crippen molar-refractivity contribution in [1.29, 1.82) is 0 Å². The average Bonchev–Trinajstić information content (AvgIpc) is 2.52. The summed E-state index contributed by atoms with van der Waals surface area (Å²) in [5.74, 6) is 0.670. The SMILES string of the molecule is CCCCOC(=O)Oc1cccc(CCCC)c1CCCC. The predicted molar refractivity (Wildman–Crippen MR) is 90.6 cm³/mol. The molecular formula is C19H30O3. The lowest BCUT2D eigenvalue weighted by atomic mass is 9.97. The van der Waals surface area contributed by atoms with Gasteiger partial charge < -0.3 is 9.47 Å². The molecule has 0 spiro atoms. The molecule has 0 amide bonds. The van der Waals surface area contributed by atoms with Gasteiger partial charge >= 0.3 is 6.16 Å². The van der Waals surface area contributed by atoms with Crippen LogP contribution in [0.2, 0.25) is 0 Å². The highest BCUT2D eigenvalue weighted by molar-refractivity contribution is 5.65. The Labute approximate surface area is 135 Å². The van der Waals surface area contributed by atoms with Gasteiger partial charge in [0, 0.05) is 0 Å². The second kappa shape index (κ2) is 11.1. The molecule has 0 N–H and O–H groups in total. The van der Waals surface area contributed by atoms with Crippen molar-refractivity contribution in [3.63, 3.8) is 0 Å². The number of hydrogen-bond acceptors (Lipinski definition) is 3. The first kappa shape index (κ1) is 18.5. The molecule has 0 saturated heterocycles. The molecule has 3 heteroatoms. The van der Waals surface area contributed by atoms with Crippen molar-refractivity contribution in [3.8, 4) is 5.75 Å². The van der Waals surface area contributed by atoms with Crippen LogP contribution < -0.4 is 4.74 Å². The molecule has 0 atom stereocenters. The van der Waals surface area contributed by atoms with Crippen LogP contribution in [-0.4, -0.2) is 12.8 Å². The van der Waals surface area contributed by atoms with Crippen LogP contribution >= 0.6 is 0 Å². The molecule has 0 aliphatic heterocycles. The van der Waals surface area contributed by atoms with Gasteiger partial charge in [-0.05, 0) is 49.3 Å². The van der Waals surface area contributed by atoms with Gasteiger partial charge in [-0.15, -0.1) is 0 Å². The van der Waals surface area contributed by atoms with E-state index in [0.29, 0.717) is 12.4 Å². The molecule has 3 nitrogen and oxygen atoms in total. The van der Waals surface area contributed by atoms with E-state index in [1.54, 1.807) is 0 Å². The number of rotatable bonds is 10. The summed E-state index contributed by atoms with van der Waals surface area (Å²) >= 11 is 0. The molecular weight excluding hydrogens is 276 g/mol. The summed E-state index contributed by atoms with van der Waals surface area (Å²) in [5, 5.41) is 0. The highest BCUT2D eigenvalue weighted by Crippen LogP contribution is 2.26. The van der Waals surface area contributed by atoms with Crippen LogP contribution in [0, 0.1) is 0 Å². The van der Waals surface area contributed by atoms with E-state index in [-0.39, 0.29) is 0 Å². The van der Waals surface area contributed by atoms with Crippen LogP contribution in [0.4, 0.5) is 4.79 Å². The fourth-order valence-electron chi connectivity index (χ4n) is 2.36. The minimum atomic E-state index is -0.584. The van der Waals surface area contributed by atoms with Crippen LogP contribution in [0.25, 0.3) is 0 Å². The van der Waals surface area contributed by atoms with Crippen molar-refractivity contribution in [3.05, 3.63) is 29.3 Å². The third-order valence-electron chi connectivity index (χ3n) is 3.72. The molecule has 1 aromatic carbocycles. The van der Waals surface area contributed by atoms with Gasteiger partial charge in [-0.2, -0.15) is 0 Å². The lowest BCUT2D eigenvalue weighted by Crippen LogP contribution is -2.13. The monoisotopic (exact) mass is 306 g/mol. The Bertz CT molecular complexity index is 440. The summed E-state index contributed by atoms with van der Waals surface area (Å²) in [5.41, 5.74) is 2.47. The normalized spacial score (nSPS) is 10.5. The van der Waals surface area contributed by atoms with Gasteiger partial charge in [-0.3, -0.25) is 0 Å². The number of hydrogen-bond donors (Lipinski definition) is 0. The third kappa shape index (κ3) is 6.50. The van der Waals surface area contributed by atoms with Crippen LogP contribution in [0.1, 0.15) is 70.4 Å². The highest BCUT2D eigenvalue weighted by Gasteiger charge is 2.13. The molecule has 124 valence electrons. The fourth-order valence-corrected chi connectivity index (χ4v) is 2.36. The molecule has 0 radical (unpaired) electrons. The molecule has 0 heterocycles. The molecule has 1 rings (SSSR count). The Morgan fingerprint density at radius 3 is 2.32 bits per heavy atom. The number of benzene rings is 1. The summed E-state index contributed by atoms with van der Waals surface area (Å²) < 4.78 is 10.6. The van der Waals surface area contributed by atoms with Crippen LogP contribution in [0.15, 0.2) is 18.2 Å². The van der Waals surface area contributed by atoms with Crippen molar-refractivity contribution in [2.75, 3.05) is 6.61 Å². The Kier molecular flexibility index (Phi) is 9.36. The van der Waals surface area contributed by atoms with Crippen LogP contribution in [-0.2, 0) is 17.6 Å². The first-order chi connectivity index (χ1) is 10.7. The molecule has 0 bridgehead atoms. The summed E-state index contributed by atoms with van der Waals surface area (Å²) in [7, 11) is 0. The Morgan fingerprint density at radius 2 is 1.64 bits per heavy atom. The lowest BCUT2D eigenvalue weighted by molar-refractivity contribution is 0.0974. The van der Waals surface area contributed by atoms with Crippen LogP contribution in [0.5, 0.6) is 5.75 Å². The van der Waals surface area contributed by atoms with Gasteiger partial charge in [-0.25, -0.2) is 4.79 Å². The lowest BCUT2D eigenvalue weighted by Gasteiger charge is -2.14. The maximum Gasteiger partial charge on any atom is 0.513 e. The van der Waals surface area contributed by atoms with Gasteiger partial charge in [0.05, 0.1) is 6.61 Å². The molecule has 1 aromatic rings. The standard InChI is InChI=1S/C19H30O3/c1-4-7-11-16-12-10-14-18(17(16)13-8-5-2)22-19(20)21-15-9-6-3/h10,12,14H,4-9,11,13,15H2,1-3H3. The smallest absolute Gasteiger partial charge is 0.434 e. The summed E-state index contributed by atoms with van der Waals surface area (Å²) in [6.07, 6.45) is 7.83. The van der Waals surface area contributed by atoms with Crippen molar-refractivity contribution in [1.82, 2.24) is 0 Å². The van der Waals surface area contributed by atoms with E-state index >= 15 is 0 Å². The minimum absolute atomic E-state index is 0.426. The maximum absolute atomic E-state index is 11.8. The first-order valence-corrected chi connectivity index (χ1v) is 8.68. The van der Waals surface area contributed by atoms with Gasteiger partial charge in [0.25, 0.3) is 0 Å². The summed E-state index contributed by atoms with van der Waals surface area (Å²) in [6, 6.07) is 5.99. The Hall–Kier alpha value is -1.51. The maximum atomic E-state index is 11.8. The number of carbonyl (C=O) groups excluding carboxylic acids is 1. The highest BCUT2D eigenvalue weighted by atomic mass is 16.7. The number of aryl methyl sites for hydroxylation is 1. The third-order valence-corrected chi connectivity index (χ3v) is 3.72. The van der Waals surface area contributed by atoms with Crippen molar-refractivity contribution < 1.29 is 14.3 Å². The fraction of sp³-hybridized carbons (Fsp3) is 0.632.